The zero-order valence-electron chi connectivity index (χ0n) is 20.4. The van der Waals surface area contributed by atoms with Crippen LogP contribution in [0.2, 0.25) is 5.02 Å². The Hall–Kier alpha value is -3.50. The second kappa shape index (κ2) is 11.5. The van der Waals surface area contributed by atoms with E-state index in [1.54, 1.807) is 24.5 Å². The molecule has 1 aliphatic rings. The summed E-state index contributed by atoms with van der Waals surface area (Å²) in [6, 6.07) is 19.1. The van der Waals surface area contributed by atoms with Gasteiger partial charge in [-0.25, -0.2) is 8.42 Å². The van der Waals surface area contributed by atoms with Gasteiger partial charge in [0.1, 0.15) is 11.9 Å². The molecule has 3 N–H and O–H groups in total. The molecule has 2 aromatic heterocycles. The number of hydrogen-bond acceptors (Lipinski definition) is 7. The maximum atomic E-state index is 12.6. The van der Waals surface area contributed by atoms with E-state index in [0.29, 0.717) is 23.8 Å². The molecule has 0 spiro atoms. The van der Waals surface area contributed by atoms with Crippen LogP contribution < -0.4 is 14.8 Å². The van der Waals surface area contributed by atoms with E-state index in [1.165, 1.54) is 30.5 Å². The lowest BCUT2D eigenvalue weighted by atomic mass is 9.98. The van der Waals surface area contributed by atoms with Crippen LogP contribution in [0.15, 0.2) is 90.2 Å². The van der Waals surface area contributed by atoms with Crippen molar-refractivity contribution in [3.05, 3.63) is 101 Å². The fourth-order valence-corrected chi connectivity index (χ4v) is 5.44. The van der Waals surface area contributed by atoms with Gasteiger partial charge in [0.2, 0.25) is 0 Å². The molecule has 0 fully saturated rings. The minimum atomic E-state index is -3.74. The van der Waals surface area contributed by atoms with Crippen molar-refractivity contribution in [3.8, 4) is 17.0 Å². The van der Waals surface area contributed by atoms with Gasteiger partial charge in [-0.05, 0) is 79.1 Å². The number of sulfonamides is 1. The number of fused-ring (bicyclic) bond motifs is 1. The van der Waals surface area contributed by atoms with Gasteiger partial charge in [-0.15, -0.1) is 0 Å². The first kappa shape index (κ1) is 26.1. The Morgan fingerprint density at radius 3 is 2.66 bits per heavy atom. The summed E-state index contributed by atoms with van der Waals surface area (Å²) in [7, 11) is -3.74. The minimum absolute atomic E-state index is 0.0144. The highest BCUT2D eigenvalue weighted by atomic mass is 35.5. The summed E-state index contributed by atoms with van der Waals surface area (Å²) in [6.45, 7) is 1.06. The second-order valence-corrected chi connectivity index (χ2v) is 11.2. The van der Waals surface area contributed by atoms with Gasteiger partial charge >= 0.3 is 0 Å². The first-order chi connectivity index (χ1) is 18.4. The summed E-state index contributed by atoms with van der Waals surface area (Å²) in [5.74, 6) is 0.840. The SMILES string of the molecule is O=S(=O)(Nc1ccc(-c2ccc3c(c2)CCC(CNCC(O)c2cccnc2)O3)nc1)c1ccc(Cl)cc1. The predicted molar refractivity (Wildman–Crippen MR) is 147 cm³/mol. The zero-order valence-corrected chi connectivity index (χ0v) is 22.0. The van der Waals surface area contributed by atoms with Gasteiger partial charge in [-0.2, -0.15) is 0 Å². The first-order valence-corrected chi connectivity index (χ1v) is 14.1. The Kier molecular flexibility index (Phi) is 7.90. The van der Waals surface area contributed by atoms with Gasteiger partial charge < -0.3 is 15.2 Å². The number of benzene rings is 2. The highest BCUT2D eigenvalue weighted by Crippen LogP contribution is 2.32. The van der Waals surface area contributed by atoms with E-state index in [1.807, 2.05) is 24.3 Å². The number of aryl methyl sites for hydroxylation is 1. The highest BCUT2D eigenvalue weighted by Gasteiger charge is 2.21. The molecular formula is C28H27ClN4O4S. The summed E-state index contributed by atoms with van der Waals surface area (Å²) in [6.07, 6.45) is 5.96. The van der Waals surface area contributed by atoms with Crippen LogP contribution in [0.1, 0.15) is 23.7 Å². The van der Waals surface area contributed by atoms with E-state index in [9.17, 15) is 13.5 Å². The fraction of sp³-hybridized carbons (Fsp3) is 0.214. The number of aliphatic hydroxyl groups is 1. The number of nitrogens with zero attached hydrogens (tertiary/aromatic N) is 2. The van der Waals surface area contributed by atoms with Gasteiger partial charge in [0.15, 0.2) is 0 Å². The van der Waals surface area contributed by atoms with Crippen LogP contribution in [0.5, 0.6) is 5.75 Å². The maximum Gasteiger partial charge on any atom is 0.261 e. The van der Waals surface area contributed by atoms with E-state index in [4.69, 9.17) is 16.3 Å². The van der Waals surface area contributed by atoms with E-state index < -0.39 is 16.1 Å². The lowest BCUT2D eigenvalue weighted by Crippen LogP contribution is -2.36. The first-order valence-electron chi connectivity index (χ1n) is 12.2. The summed E-state index contributed by atoms with van der Waals surface area (Å²) < 4.78 is 33.9. The molecule has 2 atom stereocenters. The Morgan fingerprint density at radius 1 is 1.08 bits per heavy atom. The minimum Gasteiger partial charge on any atom is -0.489 e. The monoisotopic (exact) mass is 550 g/mol. The molecule has 5 rings (SSSR count). The molecule has 0 amide bonds. The van der Waals surface area contributed by atoms with Crippen LogP contribution in [0.4, 0.5) is 5.69 Å². The number of anilines is 1. The van der Waals surface area contributed by atoms with Crippen LogP contribution in [0.3, 0.4) is 0 Å². The van der Waals surface area contributed by atoms with Crippen molar-refractivity contribution in [3.63, 3.8) is 0 Å². The molecule has 2 aromatic carbocycles. The van der Waals surface area contributed by atoms with E-state index >= 15 is 0 Å². The van der Waals surface area contributed by atoms with Crippen LogP contribution in [0, 0.1) is 0 Å². The third-order valence-corrected chi connectivity index (χ3v) is 7.95. The Labute approximate surface area is 226 Å². The summed E-state index contributed by atoms with van der Waals surface area (Å²) >= 11 is 5.85. The summed E-state index contributed by atoms with van der Waals surface area (Å²) in [5.41, 5.74) is 3.91. The molecule has 2 unspecified atom stereocenters. The van der Waals surface area contributed by atoms with Crippen molar-refractivity contribution < 1.29 is 18.3 Å². The molecule has 4 aromatic rings. The molecule has 38 heavy (non-hydrogen) atoms. The third-order valence-electron chi connectivity index (χ3n) is 6.30. The maximum absolute atomic E-state index is 12.6. The van der Waals surface area contributed by atoms with Crippen molar-refractivity contribution in [2.45, 2.75) is 29.9 Å². The number of nitrogens with one attached hydrogen (secondary N) is 2. The predicted octanol–water partition coefficient (Wildman–Crippen LogP) is 4.61. The largest absolute Gasteiger partial charge is 0.489 e. The summed E-state index contributed by atoms with van der Waals surface area (Å²) in [4.78, 5) is 8.63. The Bertz CT molecular complexity index is 1480. The van der Waals surface area contributed by atoms with Crippen molar-refractivity contribution in [2.24, 2.45) is 0 Å². The molecular weight excluding hydrogens is 524 g/mol. The van der Waals surface area contributed by atoms with E-state index in [0.717, 1.165) is 41.0 Å². The normalized spacial score (nSPS) is 15.8. The number of rotatable bonds is 9. The van der Waals surface area contributed by atoms with E-state index in [-0.39, 0.29) is 11.0 Å². The number of hydrogen-bond donors (Lipinski definition) is 3. The van der Waals surface area contributed by atoms with Gasteiger partial charge in [-0.3, -0.25) is 14.7 Å². The van der Waals surface area contributed by atoms with E-state index in [2.05, 4.69) is 26.1 Å². The van der Waals surface area contributed by atoms with Crippen LogP contribution in [-0.2, 0) is 16.4 Å². The average Bonchev–Trinajstić information content (AvgIpc) is 2.93. The van der Waals surface area contributed by atoms with Gasteiger partial charge in [0.25, 0.3) is 10.0 Å². The lowest BCUT2D eigenvalue weighted by Gasteiger charge is -2.27. The lowest BCUT2D eigenvalue weighted by molar-refractivity contribution is 0.146. The number of halogens is 1. The van der Waals surface area contributed by atoms with Crippen LogP contribution >= 0.6 is 11.6 Å². The quantitative estimate of drug-likeness (QED) is 0.279. The molecule has 0 saturated heterocycles. The zero-order chi connectivity index (χ0) is 26.5. The number of aromatic nitrogens is 2. The number of ether oxygens (including phenoxy) is 1. The molecule has 0 bridgehead atoms. The molecule has 3 heterocycles. The molecule has 10 heteroatoms. The number of aliphatic hydroxyl groups excluding tert-OH is 1. The van der Waals surface area contributed by atoms with Crippen molar-refractivity contribution in [2.75, 3.05) is 17.8 Å². The summed E-state index contributed by atoms with van der Waals surface area (Å²) in [5, 5.41) is 14.0. The highest BCUT2D eigenvalue weighted by molar-refractivity contribution is 7.92. The van der Waals surface area contributed by atoms with Gasteiger partial charge in [-0.1, -0.05) is 17.7 Å². The Morgan fingerprint density at radius 2 is 1.92 bits per heavy atom. The molecule has 196 valence electrons. The van der Waals surface area contributed by atoms with Crippen LogP contribution in [0.25, 0.3) is 11.3 Å². The third kappa shape index (κ3) is 6.31. The van der Waals surface area contributed by atoms with Crippen molar-refractivity contribution in [1.29, 1.82) is 0 Å². The second-order valence-electron chi connectivity index (χ2n) is 9.05. The number of pyridine rings is 2. The van der Waals surface area contributed by atoms with Crippen LogP contribution in [-0.4, -0.2) is 42.7 Å². The fourth-order valence-electron chi connectivity index (χ4n) is 4.27. The molecule has 0 radical (unpaired) electrons. The molecule has 8 nitrogen and oxygen atoms in total. The average molecular weight is 551 g/mol. The molecule has 1 aliphatic heterocycles. The molecule has 0 aliphatic carbocycles. The van der Waals surface area contributed by atoms with Gasteiger partial charge in [0, 0.05) is 41.6 Å². The van der Waals surface area contributed by atoms with Crippen molar-refractivity contribution >= 4 is 27.3 Å². The molecule has 0 saturated carbocycles. The Balaban J connectivity index is 1.17. The standard InChI is InChI=1S/C28H27ClN4O4S/c29-22-5-9-25(10-6-22)38(35,36)33-23-7-11-26(32-16-23)19-4-12-28-20(14-19)3-8-24(37-28)17-31-18-27(34)21-2-1-13-30-15-21/h1-2,4-7,9-16,24,27,31,33-34H,3,8,17-18H2. The van der Waals surface area contributed by atoms with Crippen molar-refractivity contribution in [1.82, 2.24) is 15.3 Å². The van der Waals surface area contributed by atoms with Gasteiger partial charge in [0.05, 0.1) is 28.6 Å². The topological polar surface area (TPSA) is 113 Å². The smallest absolute Gasteiger partial charge is 0.261 e.